The second kappa shape index (κ2) is 6.92. The molecule has 0 spiro atoms. The van der Waals surface area contributed by atoms with Crippen LogP contribution in [0.1, 0.15) is 21.5 Å². The number of nitrogens with one attached hydrogen (secondary N) is 2. The second-order valence-corrected chi connectivity index (χ2v) is 7.29. The summed E-state index contributed by atoms with van der Waals surface area (Å²) < 4.78 is 30.4. The van der Waals surface area contributed by atoms with E-state index in [1.54, 1.807) is 18.2 Å². The van der Waals surface area contributed by atoms with Gasteiger partial charge < -0.3 is 10.1 Å². The van der Waals surface area contributed by atoms with Gasteiger partial charge in [-0.05, 0) is 55.3 Å². The average Bonchev–Trinajstić information content (AvgIpc) is 2.48. The van der Waals surface area contributed by atoms with Crippen LogP contribution in [-0.4, -0.2) is 27.7 Å². The summed E-state index contributed by atoms with van der Waals surface area (Å²) in [6.07, 6.45) is 1.05. The van der Waals surface area contributed by atoms with Crippen LogP contribution >= 0.6 is 0 Å². The summed E-state index contributed by atoms with van der Waals surface area (Å²) in [4.78, 5) is 12.3. The first-order valence-corrected chi connectivity index (χ1v) is 9.13. The first kappa shape index (κ1) is 17.8. The Kier molecular flexibility index (Phi) is 5.14. The number of amides is 1. The third kappa shape index (κ3) is 4.48. The van der Waals surface area contributed by atoms with E-state index in [1.807, 2.05) is 26.0 Å². The van der Waals surface area contributed by atoms with Crippen LogP contribution in [0.5, 0.6) is 5.75 Å². The van der Waals surface area contributed by atoms with Crippen LogP contribution in [0.2, 0.25) is 0 Å². The van der Waals surface area contributed by atoms with Crippen molar-refractivity contribution in [1.29, 1.82) is 0 Å². The number of carbonyl (C=O) groups is 1. The van der Waals surface area contributed by atoms with Gasteiger partial charge >= 0.3 is 0 Å². The largest absolute Gasteiger partial charge is 0.495 e. The third-order valence-electron chi connectivity index (χ3n) is 3.52. The van der Waals surface area contributed by atoms with Crippen molar-refractivity contribution in [1.82, 2.24) is 0 Å². The van der Waals surface area contributed by atoms with Gasteiger partial charge in [0.05, 0.1) is 19.1 Å². The van der Waals surface area contributed by atoms with Crippen LogP contribution in [0.15, 0.2) is 36.4 Å². The monoisotopic (exact) mass is 348 g/mol. The second-order valence-electron chi connectivity index (χ2n) is 5.54. The summed E-state index contributed by atoms with van der Waals surface area (Å²) in [5.74, 6) is 0.0955. The molecule has 0 heterocycles. The van der Waals surface area contributed by atoms with Gasteiger partial charge in [0.1, 0.15) is 5.75 Å². The molecule has 0 aliphatic carbocycles. The Hall–Kier alpha value is -2.54. The van der Waals surface area contributed by atoms with Gasteiger partial charge in [-0.3, -0.25) is 9.52 Å². The van der Waals surface area contributed by atoms with Crippen LogP contribution in [0.3, 0.4) is 0 Å². The Morgan fingerprint density at radius 1 is 1.04 bits per heavy atom. The van der Waals surface area contributed by atoms with E-state index in [2.05, 4.69) is 10.0 Å². The number of aryl methyl sites for hydroxylation is 2. The highest BCUT2D eigenvalue weighted by atomic mass is 32.2. The fraction of sp³-hybridized carbons (Fsp3) is 0.235. The molecule has 0 aromatic heterocycles. The number of hydrogen-bond donors (Lipinski definition) is 2. The molecule has 0 saturated carbocycles. The molecule has 0 unspecified atom stereocenters. The lowest BCUT2D eigenvalue weighted by Crippen LogP contribution is -2.14. The number of hydrogen-bond acceptors (Lipinski definition) is 4. The summed E-state index contributed by atoms with van der Waals surface area (Å²) in [7, 11) is -2.02. The Morgan fingerprint density at radius 3 is 2.33 bits per heavy atom. The zero-order chi connectivity index (χ0) is 17.9. The molecule has 2 aromatic rings. The molecule has 1 amide bonds. The van der Waals surface area contributed by atoms with Gasteiger partial charge in [-0.2, -0.15) is 0 Å². The van der Waals surface area contributed by atoms with Crippen LogP contribution < -0.4 is 14.8 Å². The number of methoxy groups -OCH3 is 1. The highest BCUT2D eigenvalue weighted by Gasteiger charge is 2.12. The minimum absolute atomic E-state index is 0.262. The molecule has 128 valence electrons. The number of rotatable bonds is 5. The van der Waals surface area contributed by atoms with E-state index < -0.39 is 10.0 Å². The Labute approximate surface area is 141 Å². The molecule has 0 fully saturated rings. The fourth-order valence-corrected chi connectivity index (χ4v) is 2.71. The zero-order valence-electron chi connectivity index (χ0n) is 14.0. The van der Waals surface area contributed by atoms with E-state index in [-0.39, 0.29) is 11.6 Å². The van der Waals surface area contributed by atoms with Gasteiger partial charge in [-0.25, -0.2) is 8.42 Å². The molecule has 0 saturated heterocycles. The molecule has 0 aliphatic heterocycles. The van der Waals surface area contributed by atoms with Crippen molar-refractivity contribution in [2.24, 2.45) is 0 Å². The topological polar surface area (TPSA) is 84.5 Å². The van der Waals surface area contributed by atoms with Crippen LogP contribution in [-0.2, 0) is 10.0 Å². The first-order chi connectivity index (χ1) is 11.2. The predicted molar refractivity (Wildman–Crippen MR) is 95.3 cm³/mol. The molecule has 2 rings (SSSR count). The van der Waals surface area contributed by atoms with Crippen LogP contribution in [0, 0.1) is 13.8 Å². The summed E-state index contributed by atoms with van der Waals surface area (Å²) in [5, 5.41) is 2.75. The molecule has 24 heavy (non-hydrogen) atoms. The number of sulfonamides is 1. The van der Waals surface area contributed by atoms with Crippen LogP contribution in [0.4, 0.5) is 11.4 Å². The van der Waals surface area contributed by atoms with Gasteiger partial charge in [-0.15, -0.1) is 0 Å². The third-order valence-corrected chi connectivity index (χ3v) is 4.11. The molecule has 6 nitrogen and oxygen atoms in total. The molecule has 0 atom stereocenters. The smallest absolute Gasteiger partial charge is 0.255 e. The van der Waals surface area contributed by atoms with Crippen molar-refractivity contribution in [2.75, 3.05) is 23.4 Å². The van der Waals surface area contributed by atoms with E-state index in [9.17, 15) is 13.2 Å². The predicted octanol–water partition coefficient (Wildman–Crippen LogP) is 2.94. The Morgan fingerprint density at radius 2 is 1.75 bits per heavy atom. The number of anilines is 2. The van der Waals surface area contributed by atoms with Crippen molar-refractivity contribution in [3.05, 3.63) is 53.1 Å². The lowest BCUT2D eigenvalue weighted by Gasteiger charge is -2.13. The maximum atomic E-state index is 12.3. The maximum absolute atomic E-state index is 12.3. The van der Waals surface area contributed by atoms with Gasteiger partial charge in [0, 0.05) is 11.3 Å². The minimum atomic E-state index is -3.46. The van der Waals surface area contributed by atoms with E-state index in [0.29, 0.717) is 17.0 Å². The average molecular weight is 348 g/mol. The Bertz CT molecular complexity index is 876. The Balaban J connectivity index is 2.27. The quantitative estimate of drug-likeness (QED) is 0.870. The lowest BCUT2D eigenvalue weighted by atomic mass is 10.1. The fourth-order valence-electron chi connectivity index (χ4n) is 2.15. The molecular weight excluding hydrogens is 328 g/mol. The highest BCUT2D eigenvalue weighted by molar-refractivity contribution is 7.92. The normalized spacial score (nSPS) is 11.0. The molecule has 0 radical (unpaired) electrons. The lowest BCUT2D eigenvalue weighted by molar-refractivity contribution is 0.102. The van der Waals surface area contributed by atoms with E-state index in [4.69, 9.17) is 4.74 Å². The maximum Gasteiger partial charge on any atom is 0.255 e. The summed E-state index contributed by atoms with van der Waals surface area (Å²) in [6, 6.07) is 10.2. The first-order valence-electron chi connectivity index (χ1n) is 7.24. The highest BCUT2D eigenvalue weighted by Crippen LogP contribution is 2.28. The molecule has 0 bridgehead atoms. The summed E-state index contributed by atoms with van der Waals surface area (Å²) >= 11 is 0. The van der Waals surface area contributed by atoms with E-state index in [1.165, 1.54) is 13.2 Å². The SMILES string of the molecule is COc1ccc(NC(=O)c2ccc(C)c(C)c2)cc1NS(C)(=O)=O. The summed E-state index contributed by atoms with van der Waals surface area (Å²) in [6.45, 7) is 3.91. The molecule has 0 aliphatic rings. The van der Waals surface area contributed by atoms with Gasteiger partial charge in [0.15, 0.2) is 0 Å². The number of carbonyl (C=O) groups excluding carboxylic acids is 1. The van der Waals surface area contributed by atoms with Gasteiger partial charge in [-0.1, -0.05) is 6.07 Å². The number of benzene rings is 2. The zero-order valence-corrected chi connectivity index (χ0v) is 14.8. The van der Waals surface area contributed by atoms with E-state index >= 15 is 0 Å². The van der Waals surface area contributed by atoms with Gasteiger partial charge in [0.25, 0.3) is 5.91 Å². The molecule has 7 heteroatoms. The molecule has 2 aromatic carbocycles. The van der Waals surface area contributed by atoms with Crippen molar-refractivity contribution >= 4 is 27.3 Å². The van der Waals surface area contributed by atoms with E-state index in [0.717, 1.165) is 17.4 Å². The van der Waals surface area contributed by atoms with Crippen molar-refractivity contribution in [3.8, 4) is 5.75 Å². The minimum Gasteiger partial charge on any atom is -0.495 e. The van der Waals surface area contributed by atoms with Crippen LogP contribution in [0.25, 0.3) is 0 Å². The standard InChI is InChI=1S/C17H20N2O4S/c1-11-5-6-13(9-12(11)2)17(20)18-14-7-8-16(23-3)15(10-14)19-24(4,21)22/h5-10,19H,1-4H3,(H,18,20). The van der Waals surface area contributed by atoms with Gasteiger partial charge in [0.2, 0.25) is 10.0 Å². The van der Waals surface area contributed by atoms with Crippen molar-refractivity contribution in [2.45, 2.75) is 13.8 Å². The number of ether oxygens (including phenoxy) is 1. The molecular formula is C17H20N2O4S. The molecule has 2 N–H and O–H groups in total. The van der Waals surface area contributed by atoms with Crippen molar-refractivity contribution in [3.63, 3.8) is 0 Å². The van der Waals surface area contributed by atoms with Crippen molar-refractivity contribution < 1.29 is 17.9 Å². The summed E-state index contributed by atoms with van der Waals surface area (Å²) in [5.41, 5.74) is 3.39.